The molecule has 2 aliphatic rings. The van der Waals surface area contributed by atoms with Gasteiger partial charge in [-0.05, 0) is 45.6 Å². The molecule has 2 heterocycles. The average molecular weight is 394 g/mol. The van der Waals surface area contributed by atoms with Crippen LogP contribution in [0.5, 0.6) is 0 Å². The second-order valence-electron chi connectivity index (χ2n) is 8.46. The molecule has 1 amide bonds. The van der Waals surface area contributed by atoms with Crippen LogP contribution in [0.15, 0.2) is 12.3 Å². The topological polar surface area (TPSA) is 110 Å². The van der Waals surface area contributed by atoms with Crippen molar-refractivity contribution in [2.45, 2.75) is 75.8 Å². The summed E-state index contributed by atoms with van der Waals surface area (Å²) in [6, 6.07) is 2.90. The summed E-state index contributed by atoms with van der Waals surface area (Å²) in [5.74, 6) is -0.645. The molecule has 0 spiro atoms. The number of primary amides is 1. The Morgan fingerprint density at radius 3 is 2.50 bits per heavy atom. The van der Waals surface area contributed by atoms with Crippen LogP contribution in [0.1, 0.15) is 55.6 Å². The third kappa shape index (κ3) is 5.18. The lowest BCUT2D eigenvalue weighted by molar-refractivity contribution is -0.0120. The number of halogens is 1. The van der Waals surface area contributed by atoms with Crippen molar-refractivity contribution < 1.29 is 19.0 Å². The Labute approximate surface area is 165 Å². The lowest BCUT2D eigenvalue weighted by atomic mass is 9.90. The number of ether oxygens (including phenoxy) is 1. The van der Waals surface area contributed by atoms with Crippen LogP contribution in [0.25, 0.3) is 0 Å². The van der Waals surface area contributed by atoms with Crippen LogP contribution in [0.2, 0.25) is 0 Å². The van der Waals surface area contributed by atoms with E-state index in [-0.39, 0.29) is 23.7 Å². The van der Waals surface area contributed by atoms with Gasteiger partial charge in [-0.15, -0.1) is 0 Å². The maximum absolute atomic E-state index is 14.3. The number of carbonyl (C=O) groups is 1. The van der Waals surface area contributed by atoms with E-state index in [9.17, 15) is 14.3 Å². The van der Waals surface area contributed by atoms with Gasteiger partial charge >= 0.3 is 0 Å². The quantitative estimate of drug-likeness (QED) is 0.533. The smallest absolute Gasteiger partial charge is 0.252 e. The molecule has 0 radical (unpaired) electrons. The van der Waals surface area contributed by atoms with E-state index < -0.39 is 17.7 Å². The number of hydrogen-bond donors (Lipinski definition) is 4. The van der Waals surface area contributed by atoms with Crippen LogP contribution < -0.4 is 16.4 Å². The average Bonchev–Trinajstić information content (AvgIpc) is 2.58. The van der Waals surface area contributed by atoms with Crippen molar-refractivity contribution in [2.24, 2.45) is 5.73 Å². The van der Waals surface area contributed by atoms with Crippen molar-refractivity contribution in [3.63, 3.8) is 0 Å². The fraction of sp³-hybridized carbons (Fsp3) is 0.700. The Hall–Kier alpha value is -1.77. The number of rotatable bonds is 8. The molecule has 1 saturated heterocycles. The molecule has 0 unspecified atom stereocenters. The molecular formula is C20H31FN4O3. The number of pyridine rings is 1. The van der Waals surface area contributed by atoms with Gasteiger partial charge in [0, 0.05) is 24.7 Å². The fourth-order valence-corrected chi connectivity index (χ4v) is 3.76. The standard InChI is InChI=1S/C20H31FN4O3/c1-20(2,27)17(21)9-16-18(19(22)26)15(7-8-23-16)25-13-5-3-12(4-6-13)24-14-10-28-11-14/h7-8,12-14,17,24,27H,3-6,9-11H2,1-2H3,(H2,22,26)(H,23,25)/t12?,13?,17-/m1/s1. The third-order valence-corrected chi connectivity index (χ3v) is 5.61. The number of alkyl halides is 1. The molecule has 156 valence electrons. The van der Waals surface area contributed by atoms with E-state index in [2.05, 4.69) is 15.6 Å². The van der Waals surface area contributed by atoms with Crippen molar-refractivity contribution in [3.8, 4) is 0 Å². The molecule has 28 heavy (non-hydrogen) atoms. The van der Waals surface area contributed by atoms with Crippen molar-refractivity contribution in [1.82, 2.24) is 10.3 Å². The summed E-state index contributed by atoms with van der Waals surface area (Å²) >= 11 is 0. The second-order valence-corrected chi connectivity index (χ2v) is 8.46. The lowest BCUT2D eigenvalue weighted by Gasteiger charge is -2.36. The fourth-order valence-electron chi connectivity index (χ4n) is 3.76. The Kier molecular flexibility index (Phi) is 6.52. The van der Waals surface area contributed by atoms with Gasteiger partial charge in [0.2, 0.25) is 0 Å². The maximum atomic E-state index is 14.3. The molecule has 0 bridgehead atoms. The first kappa shape index (κ1) is 21.0. The summed E-state index contributed by atoms with van der Waals surface area (Å²) < 4.78 is 19.5. The first-order valence-corrected chi connectivity index (χ1v) is 9.98. The molecule has 2 fully saturated rings. The first-order valence-electron chi connectivity index (χ1n) is 9.98. The Balaban J connectivity index is 1.65. The molecule has 7 nitrogen and oxygen atoms in total. The first-order chi connectivity index (χ1) is 13.2. The van der Waals surface area contributed by atoms with Crippen LogP contribution in [0.3, 0.4) is 0 Å². The highest BCUT2D eigenvalue weighted by atomic mass is 19.1. The molecule has 1 aliphatic heterocycles. The number of amides is 1. The van der Waals surface area contributed by atoms with E-state index in [0.29, 0.717) is 17.8 Å². The van der Waals surface area contributed by atoms with Gasteiger partial charge in [-0.1, -0.05) is 0 Å². The Morgan fingerprint density at radius 2 is 1.96 bits per heavy atom. The number of aliphatic hydroxyl groups is 1. The van der Waals surface area contributed by atoms with Crippen LogP contribution in [-0.2, 0) is 11.2 Å². The van der Waals surface area contributed by atoms with E-state index in [4.69, 9.17) is 10.5 Å². The zero-order chi connectivity index (χ0) is 20.3. The van der Waals surface area contributed by atoms with E-state index in [1.807, 2.05) is 0 Å². The van der Waals surface area contributed by atoms with Crippen LogP contribution in [0, 0.1) is 0 Å². The SMILES string of the molecule is CC(C)(O)[C@H](F)Cc1nccc(NC2CCC(NC3COC3)CC2)c1C(N)=O. The molecule has 1 aromatic rings. The van der Waals surface area contributed by atoms with Gasteiger partial charge in [-0.2, -0.15) is 0 Å². The molecule has 3 rings (SSSR count). The predicted octanol–water partition coefficient (Wildman–Crippen LogP) is 1.54. The third-order valence-electron chi connectivity index (χ3n) is 5.61. The molecule has 0 aromatic carbocycles. The second kappa shape index (κ2) is 8.71. The van der Waals surface area contributed by atoms with Gasteiger partial charge in [-0.3, -0.25) is 9.78 Å². The van der Waals surface area contributed by atoms with E-state index in [1.54, 1.807) is 12.3 Å². The number of carbonyl (C=O) groups excluding carboxylic acids is 1. The number of anilines is 1. The van der Waals surface area contributed by atoms with E-state index in [0.717, 1.165) is 38.9 Å². The maximum Gasteiger partial charge on any atom is 0.252 e. The molecule has 1 aromatic heterocycles. The highest BCUT2D eigenvalue weighted by Gasteiger charge is 2.30. The summed E-state index contributed by atoms with van der Waals surface area (Å²) in [6.07, 6.45) is 3.85. The minimum absolute atomic E-state index is 0.169. The minimum atomic E-state index is -1.55. The number of hydrogen-bond acceptors (Lipinski definition) is 6. The largest absolute Gasteiger partial charge is 0.387 e. The molecule has 5 N–H and O–H groups in total. The van der Waals surface area contributed by atoms with Crippen LogP contribution in [0.4, 0.5) is 10.1 Å². The molecular weight excluding hydrogens is 363 g/mol. The monoisotopic (exact) mass is 394 g/mol. The summed E-state index contributed by atoms with van der Waals surface area (Å²) in [7, 11) is 0. The molecule has 1 aliphatic carbocycles. The van der Waals surface area contributed by atoms with Gasteiger partial charge < -0.3 is 26.2 Å². The van der Waals surface area contributed by atoms with Crippen molar-refractivity contribution in [1.29, 1.82) is 0 Å². The van der Waals surface area contributed by atoms with Crippen molar-refractivity contribution in [2.75, 3.05) is 18.5 Å². The molecule has 1 atom stereocenters. The number of nitrogens with two attached hydrogens (primary N) is 1. The summed E-state index contributed by atoms with van der Waals surface area (Å²) in [6.45, 7) is 4.37. The lowest BCUT2D eigenvalue weighted by Crippen LogP contribution is -2.51. The van der Waals surface area contributed by atoms with Gasteiger partial charge in [0.15, 0.2) is 0 Å². The van der Waals surface area contributed by atoms with Gasteiger partial charge in [0.1, 0.15) is 6.17 Å². The van der Waals surface area contributed by atoms with Crippen LogP contribution >= 0.6 is 0 Å². The predicted molar refractivity (Wildman–Crippen MR) is 105 cm³/mol. The highest BCUT2D eigenvalue weighted by Crippen LogP contribution is 2.27. The number of nitrogens with one attached hydrogen (secondary N) is 2. The normalized spacial score (nSPS) is 24.4. The van der Waals surface area contributed by atoms with Crippen molar-refractivity contribution >= 4 is 11.6 Å². The Bertz CT molecular complexity index is 683. The zero-order valence-electron chi connectivity index (χ0n) is 16.6. The van der Waals surface area contributed by atoms with Crippen molar-refractivity contribution in [3.05, 3.63) is 23.5 Å². The highest BCUT2D eigenvalue weighted by molar-refractivity contribution is 5.99. The molecule has 8 heteroatoms. The number of nitrogens with zero attached hydrogens (tertiary/aromatic N) is 1. The Morgan fingerprint density at radius 1 is 1.32 bits per heavy atom. The van der Waals surface area contributed by atoms with Crippen LogP contribution in [-0.4, -0.2) is 59.1 Å². The summed E-state index contributed by atoms with van der Waals surface area (Å²) in [5.41, 5.74) is 5.13. The zero-order valence-corrected chi connectivity index (χ0v) is 16.6. The van der Waals surface area contributed by atoms with Gasteiger partial charge in [0.05, 0.1) is 41.8 Å². The minimum Gasteiger partial charge on any atom is -0.387 e. The molecule has 1 saturated carbocycles. The van der Waals surface area contributed by atoms with Gasteiger partial charge in [0.25, 0.3) is 5.91 Å². The van der Waals surface area contributed by atoms with Gasteiger partial charge in [-0.25, -0.2) is 4.39 Å². The number of aromatic nitrogens is 1. The van der Waals surface area contributed by atoms with E-state index in [1.165, 1.54) is 13.8 Å². The summed E-state index contributed by atoms with van der Waals surface area (Å²) in [5, 5.41) is 16.9. The summed E-state index contributed by atoms with van der Waals surface area (Å²) in [4.78, 5) is 16.2. The van der Waals surface area contributed by atoms with E-state index >= 15 is 0 Å².